The molecule has 0 heterocycles. The Kier molecular flexibility index (Phi) is 3.88. The first kappa shape index (κ1) is 12.5. The highest BCUT2D eigenvalue weighted by molar-refractivity contribution is 5.45. The van der Waals surface area contributed by atoms with Gasteiger partial charge in [0.1, 0.15) is 0 Å². The summed E-state index contributed by atoms with van der Waals surface area (Å²) in [6.07, 6.45) is 1.03. The lowest BCUT2D eigenvalue weighted by molar-refractivity contribution is 1.10. The molecule has 2 aromatic rings. The second kappa shape index (κ2) is 5.58. The summed E-state index contributed by atoms with van der Waals surface area (Å²) >= 11 is 0. The largest absolute Gasteiger partial charge is 0.151 e. The Bertz CT molecular complexity index is 554. The molecule has 0 saturated heterocycles. The molecule has 2 aromatic carbocycles. The van der Waals surface area contributed by atoms with Crippen molar-refractivity contribution in [2.24, 2.45) is 10.2 Å². The number of hydrogen-bond acceptors (Lipinski definition) is 2. The van der Waals surface area contributed by atoms with E-state index in [1.807, 2.05) is 30.3 Å². The minimum Gasteiger partial charge on any atom is -0.151 e. The van der Waals surface area contributed by atoms with Crippen molar-refractivity contribution in [3.8, 4) is 0 Å². The molecule has 18 heavy (non-hydrogen) atoms. The molecule has 0 unspecified atom stereocenters. The third-order valence-electron chi connectivity index (χ3n) is 3.03. The highest BCUT2D eigenvalue weighted by Gasteiger charge is 1.97. The van der Waals surface area contributed by atoms with E-state index >= 15 is 0 Å². The molecule has 2 nitrogen and oxygen atoms in total. The van der Waals surface area contributed by atoms with Gasteiger partial charge in [-0.05, 0) is 55.7 Å². The van der Waals surface area contributed by atoms with Crippen LogP contribution in [0.4, 0.5) is 11.4 Å². The summed E-state index contributed by atoms with van der Waals surface area (Å²) in [5, 5.41) is 8.53. The highest BCUT2D eigenvalue weighted by atomic mass is 15.1. The summed E-state index contributed by atoms with van der Waals surface area (Å²) in [6.45, 7) is 6.34. The van der Waals surface area contributed by atoms with Crippen molar-refractivity contribution < 1.29 is 0 Å². The van der Waals surface area contributed by atoms with E-state index in [0.717, 1.165) is 17.8 Å². The number of benzene rings is 2. The molecule has 0 bridgehead atoms. The molecule has 0 amide bonds. The van der Waals surface area contributed by atoms with Crippen LogP contribution in [-0.4, -0.2) is 0 Å². The summed E-state index contributed by atoms with van der Waals surface area (Å²) < 4.78 is 0. The van der Waals surface area contributed by atoms with Crippen molar-refractivity contribution in [1.82, 2.24) is 0 Å². The number of rotatable bonds is 3. The van der Waals surface area contributed by atoms with Crippen LogP contribution in [0.5, 0.6) is 0 Å². The molecule has 0 aromatic heterocycles. The lowest BCUT2D eigenvalue weighted by atomic mass is 10.1. The van der Waals surface area contributed by atoms with Crippen LogP contribution in [0.15, 0.2) is 52.7 Å². The van der Waals surface area contributed by atoms with Gasteiger partial charge in [-0.2, -0.15) is 10.2 Å². The van der Waals surface area contributed by atoms with E-state index in [1.165, 1.54) is 16.7 Å². The van der Waals surface area contributed by atoms with Gasteiger partial charge in [0.15, 0.2) is 0 Å². The van der Waals surface area contributed by atoms with E-state index in [4.69, 9.17) is 0 Å². The predicted molar refractivity (Wildman–Crippen MR) is 75.9 cm³/mol. The molecule has 0 radical (unpaired) electrons. The van der Waals surface area contributed by atoms with Crippen LogP contribution in [0.25, 0.3) is 0 Å². The maximum Gasteiger partial charge on any atom is 0.0860 e. The van der Waals surface area contributed by atoms with E-state index in [1.54, 1.807) is 0 Å². The molecule has 2 heteroatoms. The first-order chi connectivity index (χ1) is 8.69. The van der Waals surface area contributed by atoms with Crippen molar-refractivity contribution >= 4 is 11.4 Å². The average Bonchev–Trinajstić information content (AvgIpc) is 2.39. The lowest BCUT2D eigenvalue weighted by Gasteiger charge is -2.02. The van der Waals surface area contributed by atoms with E-state index < -0.39 is 0 Å². The monoisotopic (exact) mass is 238 g/mol. The van der Waals surface area contributed by atoms with Gasteiger partial charge in [0, 0.05) is 0 Å². The van der Waals surface area contributed by atoms with E-state index in [9.17, 15) is 0 Å². The Morgan fingerprint density at radius 3 is 2.11 bits per heavy atom. The standard InChI is InChI=1S/C16H18N2/c1-4-14-11-16(10-7-13(14)3)18-17-15-8-5-12(2)6-9-15/h5-11H,4H2,1-3H3. The van der Waals surface area contributed by atoms with Gasteiger partial charge in [0.25, 0.3) is 0 Å². The second-order valence-electron chi connectivity index (χ2n) is 4.50. The lowest BCUT2D eigenvalue weighted by Crippen LogP contribution is -1.84. The topological polar surface area (TPSA) is 24.7 Å². The molecule has 0 aliphatic rings. The van der Waals surface area contributed by atoms with Crippen LogP contribution in [0, 0.1) is 13.8 Å². The van der Waals surface area contributed by atoms with Crippen LogP contribution >= 0.6 is 0 Å². The van der Waals surface area contributed by atoms with Crippen molar-refractivity contribution in [2.45, 2.75) is 27.2 Å². The molecular formula is C16H18N2. The highest BCUT2D eigenvalue weighted by Crippen LogP contribution is 2.21. The first-order valence-electron chi connectivity index (χ1n) is 6.27. The fourth-order valence-electron chi connectivity index (χ4n) is 1.83. The van der Waals surface area contributed by atoms with Crippen molar-refractivity contribution in [3.05, 3.63) is 59.2 Å². The quantitative estimate of drug-likeness (QED) is 0.650. The Morgan fingerprint density at radius 1 is 0.833 bits per heavy atom. The molecule has 92 valence electrons. The van der Waals surface area contributed by atoms with Crippen LogP contribution in [0.2, 0.25) is 0 Å². The smallest absolute Gasteiger partial charge is 0.0860 e. The van der Waals surface area contributed by atoms with Gasteiger partial charge in [-0.15, -0.1) is 0 Å². The molecule has 0 saturated carbocycles. The third kappa shape index (κ3) is 3.04. The van der Waals surface area contributed by atoms with E-state index in [2.05, 4.69) is 43.1 Å². The second-order valence-corrected chi connectivity index (χ2v) is 4.50. The van der Waals surface area contributed by atoms with Gasteiger partial charge in [-0.3, -0.25) is 0 Å². The molecule has 0 spiro atoms. The van der Waals surface area contributed by atoms with E-state index in [-0.39, 0.29) is 0 Å². The Hall–Kier alpha value is -1.96. The molecule has 0 N–H and O–H groups in total. The molecule has 2 rings (SSSR count). The molecule has 0 aliphatic heterocycles. The summed E-state index contributed by atoms with van der Waals surface area (Å²) in [6, 6.07) is 14.3. The van der Waals surface area contributed by atoms with Crippen molar-refractivity contribution in [2.75, 3.05) is 0 Å². The van der Waals surface area contributed by atoms with E-state index in [0.29, 0.717) is 0 Å². The summed E-state index contributed by atoms with van der Waals surface area (Å²) in [4.78, 5) is 0. The number of azo groups is 1. The minimum atomic E-state index is 0.888. The first-order valence-corrected chi connectivity index (χ1v) is 6.27. The average molecular weight is 238 g/mol. The fraction of sp³-hybridized carbons (Fsp3) is 0.250. The zero-order valence-electron chi connectivity index (χ0n) is 11.1. The SMILES string of the molecule is CCc1cc(N=Nc2ccc(C)cc2)ccc1C. The zero-order valence-corrected chi connectivity index (χ0v) is 11.1. The zero-order chi connectivity index (χ0) is 13.0. The fourth-order valence-corrected chi connectivity index (χ4v) is 1.83. The van der Waals surface area contributed by atoms with Crippen LogP contribution in [0.1, 0.15) is 23.6 Å². The van der Waals surface area contributed by atoms with Gasteiger partial charge in [-0.1, -0.05) is 30.7 Å². The van der Waals surface area contributed by atoms with Crippen LogP contribution in [0.3, 0.4) is 0 Å². The Balaban J connectivity index is 2.20. The van der Waals surface area contributed by atoms with Gasteiger partial charge in [0.2, 0.25) is 0 Å². The number of nitrogens with zero attached hydrogens (tertiary/aromatic N) is 2. The van der Waals surface area contributed by atoms with Gasteiger partial charge < -0.3 is 0 Å². The summed E-state index contributed by atoms with van der Waals surface area (Å²) in [5.41, 5.74) is 5.68. The van der Waals surface area contributed by atoms with Crippen molar-refractivity contribution in [1.29, 1.82) is 0 Å². The maximum absolute atomic E-state index is 4.28. The molecule has 0 atom stereocenters. The summed E-state index contributed by atoms with van der Waals surface area (Å²) in [7, 11) is 0. The minimum absolute atomic E-state index is 0.888. The maximum atomic E-state index is 4.28. The van der Waals surface area contributed by atoms with Gasteiger partial charge in [0.05, 0.1) is 11.4 Å². The molecular weight excluding hydrogens is 220 g/mol. The van der Waals surface area contributed by atoms with Gasteiger partial charge in [-0.25, -0.2) is 0 Å². The Labute approximate surface area is 108 Å². The van der Waals surface area contributed by atoms with Crippen LogP contribution < -0.4 is 0 Å². The summed E-state index contributed by atoms with van der Waals surface area (Å²) in [5.74, 6) is 0. The van der Waals surface area contributed by atoms with Gasteiger partial charge >= 0.3 is 0 Å². The van der Waals surface area contributed by atoms with Crippen LogP contribution in [-0.2, 0) is 6.42 Å². The molecule has 0 fully saturated rings. The Morgan fingerprint density at radius 2 is 1.44 bits per heavy atom. The predicted octanol–water partition coefficient (Wildman–Crippen LogP) is 5.28. The molecule has 0 aliphatic carbocycles. The van der Waals surface area contributed by atoms with Crippen molar-refractivity contribution in [3.63, 3.8) is 0 Å². The number of aryl methyl sites for hydroxylation is 3. The third-order valence-corrected chi connectivity index (χ3v) is 3.03. The normalized spacial score (nSPS) is 11.1. The number of hydrogen-bond donors (Lipinski definition) is 0.